The van der Waals surface area contributed by atoms with Gasteiger partial charge in [-0.25, -0.2) is 0 Å². The average Bonchev–Trinajstić information content (AvgIpc) is 2.55. The zero-order chi connectivity index (χ0) is 7.68. The van der Waals surface area contributed by atoms with Crippen molar-refractivity contribution in [2.45, 2.75) is 4.21 Å². The molecule has 58 valence electrons. The summed E-state index contributed by atoms with van der Waals surface area (Å²) >= 11 is 4.27. The fourth-order valence-corrected chi connectivity index (χ4v) is 5.10. The number of hydrogen-bond acceptors (Lipinski definition) is 1. The van der Waals surface area contributed by atoms with Crippen molar-refractivity contribution in [1.82, 2.24) is 0 Å². The van der Waals surface area contributed by atoms with Gasteiger partial charge in [0.1, 0.15) is 0 Å². The van der Waals surface area contributed by atoms with Gasteiger partial charge in [0, 0.05) is 4.21 Å². The van der Waals surface area contributed by atoms with E-state index in [4.69, 9.17) is 0 Å². The van der Waals surface area contributed by atoms with Gasteiger partial charge < -0.3 is 0 Å². The lowest BCUT2D eigenvalue weighted by molar-refractivity contribution is 1.73. The molecule has 1 aromatic rings. The fourth-order valence-electron chi connectivity index (χ4n) is 0.925. The Bertz CT molecular complexity index is 300. The molecule has 0 saturated heterocycles. The van der Waals surface area contributed by atoms with Gasteiger partial charge in [0.15, 0.2) is 0 Å². The summed E-state index contributed by atoms with van der Waals surface area (Å²) in [5.74, 6) is 0. The summed E-state index contributed by atoms with van der Waals surface area (Å²) in [4.78, 5) is 0. The van der Waals surface area contributed by atoms with Crippen molar-refractivity contribution in [2.75, 3.05) is 0 Å². The second-order valence-corrected chi connectivity index (χ2v) is 7.34. The van der Waals surface area contributed by atoms with Crippen molar-refractivity contribution >= 4 is 44.8 Å². The summed E-state index contributed by atoms with van der Waals surface area (Å²) in [5, 5.41) is 4.58. The van der Waals surface area contributed by atoms with Gasteiger partial charge in [0.2, 0.25) is 0 Å². The number of halogens is 1. The van der Waals surface area contributed by atoms with Gasteiger partial charge in [-0.05, 0) is 45.5 Å². The Hall–Kier alpha value is 0.260. The molecule has 0 unspecified atom stereocenters. The summed E-state index contributed by atoms with van der Waals surface area (Å²) in [6, 6.07) is 4.42. The number of hydrogen-bond donors (Lipinski definition) is 1. The smallest absolute Gasteiger partial charge is 0.0665 e. The molecule has 0 aromatic carbocycles. The van der Waals surface area contributed by atoms with E-state index < -0.39 is 0 Å². The quantitative estimate of drug-likeness (QED) is 0.592. The Labute approximate surface area is 86.5 Å². The number of thiol groups is 1. The van der Waals surface area contributed by atoms with Crippen LogP contribution in [0.5, 0.6) is 0 Å². The minimum Gasteiger partial charge on any atom is -0.177 e. The lowest BCUT2D eigenvalue weighted by atomic mass is 10.6. The van der Waals surface area contributed by atoms with E-state index in [0.29, 0.717) is 0 Å². The minimum atomic E-state index is -0.0668. The summed E-state index contributed by atoms with van der Waals surface area (Å²) in [6.07, 6.45) is 4.27. The first-order valence-corrected chi connectivity index (χ1v) is 6.62. The van der Waals surface area contributed by atoms with E-state index in [2.05, 4.69) is 57.7 Å². The predicted molar refractivity (Wildman–Crippen MR) is 62.6 cm³/mol. The molecule has 1 aliphatic heterocycles. The SMILES string of the molecule is Ic1ccc([SH]2C=CC=C2)s1. The van der Waals surface area contributed by atoms with Crippen LogP contribution in [0.2, 0.25) is 0 Å². The van der Waals surface area contributed by atoms with Crippen molar-refractivity contribution in [3.05, 3.63) is 38.0 Å². The third kappa shape index (κ3) is 1.71. The summed E-state index contributed by atoms with van der Waals surface area (Å²) in [6.45, 7) is 0. The van der Waals surface area contributed by atoms with Crippen LogP contribution in [-0.2, 0) is 0 Å². The van der Waals surface area contributed by atoms with E-state index in [1.165, 1.54) is 7.09 Å². The van der Waals surface area contributed by atoms with Crippen LogP contribution >= 0.6 is 44.8 Å². The Balaban J connectivity index is 2.29. The van der Waals surface area contributed by atoms with Gasteiger partial charge in [-0.3, -0.25) is 0 Å². The third-order valence-electron chi connectivity index (χ3n) is 1.42. The van der Waals surface area contributed by atoms with Gasteiger partial charge in [0.05, 0.1) is 2.88 Å². The molecule has 0 saturated carbocycles. The van der Waals surface area contributed by atoms with Gasteiger partial charge >= 0.3 is 0 Å². The van der Waals surface area contributed by atoms with Crippen LogP contribution in [0.4, 0.5) is 0 Å². The molecular weight excluding hydrogens is 287 g/mol. The summed E-state index contributed by atoms with van der Waals surface area (Å²) in [5.41, 5.74) is 0. The lowest BCUT2D eigenvalue weighted by Crippen LogP contribution is -1.61. The summed E-state index contributed by atoms with van der Waals surface area (Å²) in [7, 11) is -0.0668. The van der Waals surface area contributed by atoms with Gasteiger partial charge in [-0.1, -0.05) is 12.2 Å². The Morgan fingerprint density at radius 1 is 1.18 bits per heavy atom. The molecule has 0 nitrogen and oxygen atoms in total. The van der Waals surface area contributed by atoms with E-state index in [1.54, 1.807) is 0 Å². The largest absolute Gasteiger partial charge is 0.177 e. The zero-order valence-electron chi connectivity index (χ0n) is 5.70. The number of rotatable bonds is 1. The Kier molecular flexibility index (Phi) is 2.39. The van der Waals surface area contributed by atoms with E-state index in [1.807, 2.05) is 11.3 Å². The molecule has 0 spiro atoms. The molecule has 1 aliphatic rings. The fraction of sp³-hybridized carbons (Fsp3) is 0. The topological polar surface area (TPSA) is 0 Å². The van der Waals surface area contributed by atoms with Crippen molar-refractivity contribution in [1.29, 1.82) is 0 Å². The van der Waals surface area contributed by atoms with E-state index in [0.717, 1.165) is 0 Å². The molecular formula is C8H7IS2. The molecule has 2 rings (SSSR count). The number of thiophene rings is 1. The average molecular weight is 294 g/mol. The van der Waals surface area contributed by atoms with Crippen LogP contribution in [-0.4, -0.2) is 0 Å². The molecule has 11 heavy (non-hydrogen) atoms. The highest BCUT2D eigenvalue weighted by Gasteiger charge is 2.04. The van der Waals surface area contributed by atoms with Crippen LogP contribution in [0.1, 0.15) is 0 Å². The van der Waals surface area contributed by atoms with Crippen molar-refractivity contribution in [3.8, 4) is 0 Å². The molecule has 0 fully saturated rings. The van der Waals surface area contributed by atoms with Crippen molar-refractivity contribution < 1.29 is 0 Å². The second kappa shape index (κ2) is 3.33. The highest BCUT2D eigenvalue weighted by molar-refractivity contribution is 14.1. The first-order valence-electron chi connectivity index (χ1n) is 3.25. The number of allylic oxidation sites excluding steroid dienone is 2. The van der Waals surface area contributed by atoms with Crippen LogP contribution in [0, 0.1) is 2.88 Å². The monoisotopic (exact) mass is 294 g/mol. The Morgan fingerprint density at radius 3 is 2.45 bits per heavy atom. The zero-order valence-corrected chi connectivity index (χ0v) is 9.57. The van der Waals surface area contributed by atoms with Gasteiger partial charge in [0.25, 0.3) is 0 Å². The maximum absolute atomic E-state index is 2.37. The molecule has 0 aliphatic carbocycles. The standard InChI is InChI=1S/C8H7IS2/c9-7-3-4-8(10-7)11-5-1-2-6-11/h1-6,11H. The molecule has 0 bridgehead atoms. The molecule has 3 heteroatoms. The first kappa shape index (κ1) is 7.89. The van der Waals surface area contributed by atoms with Crippen LogP contribution in [0.3, 0.4) is 0 Å². The van der Waals surface area contributed by atoms with Gasteiger partial charge in [-0.2, -0.15) is 10.9 Å². The highest BCUT2D eigenvalue weighted by atomic mass is 127. The lowest BCUT2D eigenvalue weighted by Gasteiger charge is -2.04. The molecule has 2 heterocycles. The molecule has 0 N–H and O–H groups in total. The molecule has 0 amide bonds. The van der Waals surface area contributed by atoms with Crippen LogP contribution in [0.25, 0.3) is 0 Å². The first-order chi connectivity index (χ1) is 5.36. The molecule has 0 radical (unpaired) electrons. The van der Waals surface area contributed by atoms with Crippen molar-refractivity contribution in [3.63, 3.8) is 0 Å². The maximum Gasteiger partial charge on any atom is 0.0665 e. The molecule has 0 atom stereocenters. The van der Waals surface area contributed by atoms with E-state index in [-0.39, 0.29) is 10.9 Å². The van der Waals surface area contributed by atoms with Crippen molar-refractivity contribution in [2.24, 2.45) is 0 Å². The van der Waals surface area contributed by atoms with Crippen LogP contribution < -0.4 is 0 Å². The highest BCUT2D eigenvalue weighted by Crippen LogP contribution is 2.45. The normalized spacial score (nSPS) is 18.1. The predicted octanol–water partition coefficient (Wildman–Crippen LogP) is 3.75. The second-order valence-electron chi connectivity index (χ2n) is 2.17. The van der Waals surface area contributed by atoms with E-state index in [9.17, 15) is 0 Å². The minimum absolute atomic E-state index is 0.0668. The third-order valence-corrected chi connectivity index (χ3v) is 5.67. The Morgan fingerprint density at radius 2 is 1.91 bits per heavy atom. The molecule has 1 aromatic heterocycles. The van der Waals surface area contributed by atoms with E-state index >= 15 is 0 Å². The maximum atomic E-state index is 2.37. The van der Waals surface area contributed by atoms with Gasteiger partial charge in [-0.15, -0.1) is 11.3 Å². The van der Waals surface area contributed by atoms with Crippen LogP contribution in [0.15, 0.2) is 39.3 Å². The summed E-state index contributed by atoms with van der Waals surface area (Å²) < 4.78 is 2.89.